The van der Waals surface area contributed by atoms with E-state index in [0.717, 1.165) is 16.9 Å². The Morgan fingerprint density at radius 1 is 1.22 bits per heavy atom. The number of halogens is 2. The van der Waals surface area contributed by atoms with Crippen LogP contribution in [0.15, 0.2) is 40.9 Å². The average Bonchev–Trinajstić information content (AvgIpc) is 2.33. The summed E-state index contributed by atoms with van der Waals surface area (Å²) >= 11 is 3.30. The van der Waals surface area contributed by atoms with E-state index in [4.69, 9.17) is 5.26 Å². The van der Waals surface area contributed by atoms with Crippen LogP contribution >= 0.6 is 15.9 Å². The van der Waals surface area contributed by atoms with Crippen molar-refractivity contribution in [1.29, 1.82) is 5.26 Å². The van der Waals surface area contributed by atoms with E-state index in [9.17, 15) is 4.39 Å². The van der Waals surface area contributed by atoms with Gasteiger partial charge in [-0.15, -0.1) is 0 Å². The van der Waals surface area contributed by atoms with Gasteiger partial charge in [0, 0.05) is 10.2 Å². The molecule has 0 aliphatic carbocycles. The van der Waals surface area contributed by atoms with Crippen molar-refractivity contribution in [1.82, 2.24) is 0 Å². The highest BCUT2D eigenvalue weighted by molar-refractivity contribution is 9.10. The second kappa shape index (κ2) is 5.19. The molecule has 0 unspecified atom stereocenters. The molecule has 0 aliphatic heterocycles. The highest BCUT2D eigenvalue weighted by Gasteiger charge is 2.03. The number of rotatable bonds is 2. The SMILES string of the molecule is Cc1cc(Nc2ccc(F)cc2Br)ccc1C#N. The fourth-order valence-corrected chi connectivity index (χ4v) is 2.06. The summed E-state index contributed by atoms with van der Waals surface area (Å²) in [5, 5.41) is 12.0. The van der Waals surface area contributed by atoms with E-state index in [1.54, 1.807) is 12.1 Å². The van der Waals surface area contributed by atoms with Crippen LogP contribution in [0.3, 0.4) is 0 Å². The molecule has 4 heteroatoms. The van der Waals surface area contributed by atoms with Gasteiger partial charge in [0.25, 0.3) is 0 Å². The molecule has 0 bridgehead atoms. The normalized spacial score (nSPS) is 9.89. The molecule has 0 saturated heterocycles. The lowest BCUT2D eigenvalue weighted by molar-refractivity contribution is 0.627. The Kier molecular flexibility index (Phi) is 3.63. The van der Waals surface area contributed by atoms with Gasteiger partial charge in [0.2, 0.25) is 0 Å². The monoisotopic (exact) mass is 304 g/mol. The van der Waals surface area contributed by atoms with Crippen molar-refractivity contribution >= 4 is 27.3 Å². The zero-order valence-electron chi connectivity index (χ0n) is 9.67. The summed E-state index contributed by atoms with van der Waals surface area (Å²) in [6.45, 7) is 1.88. The molecule has 0 aliphatic rings. The number of aryl methyl sites for hydroxylation is 1. The summed E-state index contributed by atoms with van der Waals surface area (Å²) < 4.78 is 13.6. The summed E-state index contributed by atoms with van der Waals surface area (Å²) in [7, 11) is 0. The first kappa shape index (κ1) is 12.6. The Bertz CT molecular complexity index is 632. The summed E-state index contributed by atoms with van der Waals surface area (Å²) in [5.74, 6) is -0.288. The summed E-state index contributed by atoms with van der Waals surface area (Å²) in [5.41, 5.74) is 3.19. The van der Waals surface area contributed by atoms with Crippen molar-refractivity contribution in [3.63, 3.8) is 0 Å². The topological polar surface area (TPSA) is 35.8 Å². The van der Waals surface area contributed by atoms with Gasteiger partial charge >= 0.3 is 0 Å². The van der Waals surface area contributed by atoms with Crippen LogP contribution in [0.2, 0.25) is 0 Å². The Hall–Kier alpha value is -1.86. The maximum Gasteiger partial charge on any atom is 0.124 e. The van der Waals surface area contributed by atoms with Gasteiger partial charge in [-0.2, -0.15) is 5.26 Å². The third kappa shape index (κ3) is 2.69. The molecule has 0 radical (unpaired) electrons. The average molecular weight is 305 g/mol. The third-order valence-electron chi connectivity index (χ3n) is 2.56. The van der Waals surface area contributed by atoms with Crippen LogP contribution in [0.25, 0.3) is 0 Å². The Morgan fingerprint density at radius 2 is 2.00 bits per heavy atom. The van der Waals surface area contributed by atoms with Gasteiger partial charge in [0.05, 0.1) is 17.3 Å². The highest BCUT2D eigenvalue weighted by atomic mass is 79.9. The number of nitriles is 1. The molecule has 18 heavy (non-hydrogen) atoms. The van der Waals surface area contributed by atoms with Crippen molar-refractivity contribution in [3.05, 3.63) is 57.8 Å². The quantitative estimate of drug-likeness (QED) is 0.886. The Labute approximate surface area is 113 Å². The zero-order chi connectivity index (χ0) is 13.1. The molecule has 0 heterocycles. The van der Waals surface area contributed by atoms with Crippen LogP contribution in [0, 0.1) is 24.1 Å². The lowest BCUT2D eigenvalue weighted by atomic mass is 10.1. The predicted molar refractivity (Wildman–Crippen MR) is 73.3 cm³/mol. The molecule has 0 aromatic heterocycles. The van der Waals surface area contributed by atoms with Crippen molar-refractivity contribution in [3.8, 4) is 6.07 Å². The lowest BCUT2D eigenvalue weighted by Gasteiger charge is -2.09. The number of hydrogen-bond donors (Lipinski definition) is 1. The second-order valence-corrected chi connectivity index (χ2v) is 4.75. The van der Waals surface area contributed by atoms with Gasteiger partial charge in [-0.05, 0) is 64.8 Å². The van der Waals surface area contributed by atoms with Crippen molar-refractivity contribution in [2.75, 3.05) is 5.32 Å². The van der Waals surface area contributed by atoms with Crippen LogP contribution < -0.4 is 5.32 Å². The van der Waals surface area contributed by atoms with Gasteiger partial charge in [-0.3, -0.25) is 0 Å². The van der Waals surface area contributed by atoms with Crippen molar-refractivity contribution in [2.45, 2.75) is 6.92 Å². The van der Waals surface area contributed by atoms with Gasteiger partial charge in [0.1, 0.15) is 5.82 Å². The first-order valence-electron chi connectivity index (χ1n) is 5.33. The molecule has 2 nitrogen and oxygen atoms in total. The molecule has 0 saturated carbocycles. The number of benzene rings is 2. The molecular weight excluding hydrogens is 295 g/mol. The number of nitrogens with one attached hydrogen (secondary N) is 1. The maximum absolute atomic E-state index is 13.0. The standard InChI is InChI=1S/C14H10BrFN2/c1-9-6-12(4-2-10(9)8-17)18-14-5-3-11(16)7-13(14)15/h2-7,18H,1H3. The van der Waals surface area contributed by atoms with Crippen LogP contribution in [0.4, 0.5) is 15.8 Å². The minimum Gasteiger partial charge on any atom is -0.355 e. The third-order valence-corrected chi connectivity index (χ3v) is 3.21. The summed E-state index contributed by atoms with van der Waals surface area (Å²) in [4.78, 5) is 0. The van der Waals surface area contributed by atoms with E-state index >= 15 is 0 Å². The molecule has 90 valence electrons. The number of nitrogens with zero attached hydrogens (tertiary/aromatic N) is 1. The minimum absolute atomic E-state index is 0.288. The molecule has 1 N–H and O–H groups in total. The zero-order valence-corrected chi connectivity index (χ0v) is 11.3. The predicted octanol–water partition coefficient (Wildman–Crippen LogP) is 4.51. The molecule has 2 rings (SSSR count). The minimum atomic E-state index is -0.288. The fraction of sp³-hybridized carbons (Fsp3) is 0.0714. The second-order valence-electron chi connectivity index (χ2n) is 3.89. The largest absolute Gasteiger partial charge is 0.355 e. The van der Waals surface area contributed by atoms with E-state index in [-0.39, 0.29) is 5.82 Å². The van der Waals surface area contributed by atoms with Gasteiger partial charge in [0.15, 0.2) is 0 Å². The smallest absolute Gasteiger partial charge is 0.124 e. The van der Waals surface area contributed by atoms with Crippen molar-refractivity contribution in [2.24, 2.45) is 0 Å². The van der Waals surface area contributed by atoms with Crippen molar-refractivity contribution < 1.29 is 4.39 Å². The summed E-state index contributed by atoms with van der Waals surface area (Å²) in [6, 6.07) is 12.0. The molecule has 0 atom stereocenters. The Morgan fingerprint density at radius 3 is 2.61 bits per heavy atom. The van der Waals surface area contributed by atoms with Crippen LogP contribution in [0.1, 0.15) is 11.1 Å². The van der Waals surface area contributed by atoms with E-state index < -0.39 is 0 Å². The number of hydrogen-bond acceptors (Lipinski definition) is 2. The van der Waals surface area contributed by atoms with Gasteiger partial charge < -0.3 is 5.32 Å². The van der Waals surface area contributed by atoms with E-state index in [1.165, 1.54) is 12.1 Å². The van der Waals surface area contributed by atoms with E-state index in [2.05, 4.69) is 27.3 Å². The fourth-order valence-electron chi connectivity index (χ4n) is 1.61. The maximum atomic E-state index is 13.0. The first-order valence-corrected chi connectivity index (χ1v) is 6.12. The van der Waals surface area contributed by atoms with Gasteiger partial charge in [-0.1, -0.05) is 0 Å². The Balaban J connectivity index is 2.29. The summed E-state index contributed by atoms with van der Waals surface area (Å²) in [6.07, 6.45) is 0. The van der Waals surface area contributed by atoms with E-state index in [0.29, 0.717) is 10.0 Å². The van der Waals surface area contributed by atoms with Crippen LogP contribution in [-0.4, -0.2) is 0 Å². The van der Waals surface area contributed by atoms with Gasteiger partial charge in [-0.25, -0.2) is 4.39 Å². The van der Waals surface area contributed by atoms with Crippen LogP contribution in [0.5, 0.6) is 0 Å². The van der Waals surface area contributed by atoms with Crippen LogP contribution in [-0.2, 0) is 0 Å². The van der Waals surface area contributed by atoms with E-state index in [1.807, 2.05) is 19.1 Å². The first-order chi connectivity index (χ1) is 8.60. The molecule has 2 aromatic carbocycles. The lowest BCUT2D eigenvalue weighted by Crippen LogP contribution is -1.93. The molecule has 2 aromatic rings. The number of anilines is 2. The molecular formula is C14H10BrFN2. The molecule has 0 spiro atoms. The molecule has 0 amide bonds. The molecule has 0 fully saturated rings. The highest BCUT2D eigenvalue weighted by Crippen LogP contribution is 2.27.